The van der Waals surface area contributed by atoms with Crippen molar-refractivity contribution in [2.75, 3.05) is 13.2 Å². The van der Waals surface area contributed by atoms with Crippen molar-refractivity contribution < 1.29 is 45.3 Å². The van der Waals surface area contributed by atoms with Crippen LogP contribution in [0.25, 0.3) is 0 Å². The predicted octanol–water partition coefficient (Wildman–Crippen LogP) is -2.90. The summed E-state index contributed by atoms with van der Waals surface area (Å²) in [5.74, 6) is -1.74. The van der Waals surface area contributed by atoms with Crippen LogP contribution in [-0.4, -0.2) is 85.3 Å². The topological polar surface area (TPSA) is 202 Å². The molecule has 0 rings (SSSR count). The standard InChI is InChI=1S/C6H15NO5.C6H10O4/c7-1-3(9)5(11)6(12)4(10)2-8;7-5(8)3-1-2-4-6(9)10/h3-6,8-12H,1-2,7H2;1-4H2,(H,7,8)(H,9,10). The Balaban J connectivity index is 0. The van der Waals surface area contributed by atoms with E-state index in [0.717, 1.165) is 0 Å². The monoisotopic (exact) mass is 327 g/mol. The largest absolute Gasteiger partial charge is 0.481 e. The van der Waals surface area contributed by atoms with E-state index in [1.54, 1.807) is 0 Å². The molecule has 0 spiro atoms. The van der Waals surface area contributed by atoms with Crippen LogP contribution in [0.3, 0.4) is 0 Å². The number of carbonyl (C=O) groups is 2. The highest BCUT2D eigenvalue weighted by Crippen LogP contribution is 2.03. The average molecular weight is 327 g/mol. The first-order chi connectivity index (χ1) is 10.2. The Morgan fingerprint density at radius 2 is 1.18 bits per heavy atom. The fourth-order valence-corrected chi connectivity index (χ4v) is 1.26. The van der Waals surface area contributed by atoms with E-state index in [1.165, 1.54) is 0 Å². The second kappa shape index (κ2) is 13.4. The molecule has 4 atom stereocenters. The Bertz CT molecular complexity index is 283. The van der Waals surface area contributed by atoms with Crippen molar-refractivity contribution in [1.82, 2.24) is 0 Å². The number of hydrogen-bond acceptors (Lipinski definition) is 8. The van der Waals surface area contributed by atoms with E-state index < -0.39 is 43.0 Å². The molecule has 0 aromatic rings. The van der Waals surface area contributed by atoms with Crippen LogP contribution in [0.5, 0.6) is 0 Å². The molecule has 10 nitrogen and oxygen atoms in total. The number of unbranched alkanes of at least 4 members (excludes halogenated alkanes) is 1. The molecule has 0 amide bonds. The maximum Gasteiger partial charge on any atom is 0.303 e. The second-order valence-corrected chi connectivity index (χ2v) is 4.53. The molecule has 0 radical (unpaired) electrons. The van der Waals surface area contributed by atoms with Gasteiger partial charge in [0, 0.05) is 19.4 Å². The van der Waals surface area contributed by atoms with E-state index in [2.05, 4.69) is 0 Å². The Labute approximate surface area is 127 Å². The third kappa shape index (κ3) is 12.4. The van der Waals surface area contributed by atoms with E-state index in [4.69, 9.17) is 41.5 Å². The SMILES string of the molecule is NCC(O)C(O)C(O)C(O)CO.O=C(O)CCCCC(=O)O. The van der Waals surface area contributed by atoms with Crippen LogP contribution in [0.2, 0.25) is 0 Å². The lowest BCUT2D eigenvalue weighted by atomic mass is 10.0. The van der Waals surface area contributed by atoms with Gasteiger partial charge in [0.2, 0.25) is 0 Å². The van der Waals surface area contributed by atoms with E-state index in [0.29, 0.717) is 12.8 Å². The van der Waals surface area contributed by atoms with Crippen molar-refractivity contribution in [3.8, 4) is 0 Å². The molecule has 0 aliphatic heterocycles. The molecule has 0 bridgehead atoms. The number of carboxylic acids is 2. The molecule has 0 saturated carbocycles. The molecule has 0 aromatic heterocycles. The van der Waals surface area contributed by atoms with Crippen LogP contribution in [0.4, 0.5) is 0 Å². The zero-order valence-corrected chi connectivity index (χ0v) is 12.1. The fraction of sp³-hybridized carbons (Fsp3) is 0.833. The van der Waals surface area contributed by atoms with Crippen molar-refractivity contribution in [3.05, 3.63) is 0 Å². The van der Waals surface area contributed by atoms with Crippen LogP contribution in [-0.2, 0) is 9.59 Å². The Morgan fingerprint density at radius 3 is 1.45 bits per heavy atom. The van der Waals surface area contributed by atoms with Gasteiger partial charge in [-0.3, -0.25) is 9.59 Å². The summed E-state index contributed by atoms with van der Waals surface area (Å²) in [6.45, 7) is -0.911. The van der Waals surface area contributed by atoms with Crippen molar-refractivity contribution in [2.45, 2.75) is 50.1 Å². The average Bonchev–Trinajstić information content (AvgIpc) is 2.48. The molecule has 0 heterocycles. The number of nitrogens with two attached hydrogens (primary N) is 1. The minimum Gasteiger partial charge on any atom is -0.481 e. The second-order valence-electron chi connectivity index (χ2n) is 4.53. The smallest absolute Gasteiger partial charge is 0.303 e. The number of carboxylic acid groups (broad SMARTS) is 2. The number of aliphatic hydroxyl groups is 5. The lowest BCUT2D eigenvalue weighted by Gasteiger charge is -2.24. The molecule has 0 aliphatic carbocycles. The van der Waals surface area contributed by atoms with Crippen LogP contribution >= 0.6 is 0 Å². The molecule has 0 fully saturated rings. The van der Waals surface area contributed by atoms with Gasteiger partial charge in [-0.05, 0) is 12.8 Å². The van der Waals surface area contributed by atoms with Crippen LogP contribution in [0.1, 0.15) is 25.7 Å². The molecular formula is C12H25NO9. The van der Waals surface area contributed by atoms with E-state index in [9.17, 15) is 9.59 Å². The van der Waals surface area contributed by atoms with Gasteiger partial charge < -0.3 is 41.5 Å². The number of aliphatic carboxylic acids is 2. The number of rotatable bonds is 10. The third-order valence-electron chi connectivity index (χ3n) is 2.60. The molecule has 4 unspecified atom stereocenters. The van der Waals surface area contributed by atoms with Gasteiger partial charge in [-0.2, -0.15) is 0 Å². The van der Waals surface area contributed by atoms with Gasteiger partial charge in [0.25, 0.3) is 0 Å². The van der Waals surface area contributed by atoms with Crippen molar-refractivity contribution in [1.29, 1.82) is 0 Å². The zero-order chi connectivity index (χ0) is 17.7. The summed E-state index contributed by atoms with van der Waals surface area (Å²) in [7, 11) is 0. The summed E-state index contributed by atoms with van der Waals surface area (Å²) in [5.41, 5.74) is 4.99. The van der Waals surface area contributed by atoms with Gasteiger partial charge in [0.15, 0.2) is 0 Å². The summed E-state index contributed by atoms with van der Waals surface area (Å²) in [5, 5.41) is 60.4. The highest BCUT2D eigenvalue weighted by Gasteiger charge is 2.28. The quantitative estimate of drug-likeness (QED) is 0.192. The number of aliphatic hydroxyl groups excluding tert-OH is 5. The van der Waals surface area contributed by atoms with Gasteiger partial charge >= 0.3 is 11.9 Å². The molecule has 0 aliphatic rings. The summed E-state index contributed by atoms with van der Waals surface area (Å²) in [6, 6.07) is 0. The van der Waals surface area contributed by atoms with Crippen LogP contribution < -0.4 is 5.73 Å². The van der Waals surface area contributed by atoms with Crippen LogP contribution in [0.15, 0.2) is 0 Å². The molecule has 10 heteroatoms. The predicted molar refractivity (Wildman–Crippen MR) is 73.9 cm³/mol. The normalized spacial score (nSPS) is 15.9. The fourth-order valence-electron chi connectivity index (χ4n) is 1.26. The Hall–Kier alpha value is -1.30. The van der Waals surface area contributed by atoms with Gasteiger partial charge in [-0.1, -0.05) is 0 Å². The van der Waals surface area contributed by atoms with E-state index >= 15 is 0 Å². The molecule has 0 saturated heterocycles. The van der Waals surface area contributed by atoms with E-state index in [1.807, 2.05) is 0 Å². The van der Waals surface area contributed by atoms with Crippen LogP contribution in [0, 0.1) is 0 Å². The molecular weight excluding hydrogens is 302 g/mol. The zero-order valence-electron chi connectivity index (χ0n) is 12.1. The molecule has 0 aromatic carbocycles. The first-order valence-electron chi connectivity index (χ1n) is 6.64. The maximum absolute atomic E-state index is 9.90. The lowest BCUT2D eigenvalue weighted by Crippen LogP contribution is -2.48. The van der Waals surface area contributed by atoms with Gasteiger partial charge in [0.1, 0.15) is 18.3 Å². The van der Waals surface area contributed by atoms with Gasteiger partial charge in [-0.25, -0.2) is 0 Å². The number of hydrogen-bond donors (Lipinski definition) is 8. The minimum absolute atomic E-state index is 0.0628. The van der Waals surface area contributed by atoms with E-state index in [-0.39, 0.29) is 19.4 Å². The van der Waals surface area contributed by atoms with Gasteiger partial charge in [-0.15, -0.1) is 0 Å². The summed E-state index contributed by atoms with van der Waals surface area (Å²) < 4.78 is 0. The van der Waals surface area contributed by atoms with Crippen molar-refractivity contribution in [2.24, 2.45) is 5.73 Å². The first kappa shape index (κ1) is 23.0. The minimum atomic E-state index is -1.59. The van der Waals surface area contributed by atoms with Crippen molar-refractivity contribution in [3.63, 3.8) is 0 Å². The molecule has 9 N–H and O–H groups in total. The Kier molecular flexibility index (Phi) is 14.0. The maximum atomic E-state index is 9.90. The highest BCUT2D eigenvalue weighted by atomic mass is 16.4. The lowest BCUT2D eigenvalue weighted by molar-refractivity contribution is -0.139. The molecule has 22 heavy (non-hydrogen) atoms. The highest BCUT2D eigenvalue weighted by molar-refractivity contribution is 5.67. The van der Waals surface area contributed by atoms with Crippen molar-refractivity contribution >= 4 is 11.9 Å². The summed E-state index contributed by atoms with van der Waals surface area (Å²) >= 11 is 0. The Morgan fingerprint density at radius 1 is 0.818 bits per heavy atom. The third-order valence-corrected chi connectivity index (χ3v) is 2.60. The van der Waals surface area contributed by atoms with Gasteiger partial charge in [0.05, 0.1) is 12.7 Å². The summed E-state index contributed by atoms with van der Waals surface area (Å²) in [6.07, 6.45) is -4.89. The summed E-state index contributed by atoms with van der Waals surface area (Å²) in [4.78, 5) is 19.8. The first-order valence-corrected chi connectivity index (χ1v) is 6.64. The molecule has 132 valence electrons.